The number of aromatic carboxylic acids is 1. The first kappa shape index (κ1) is 20.7. The zero-order valence-corrected chi connectivity index (χ0v) is 16.7. The van der Waals surface area contributed by atoms with Crippen LogP contribution in [0.15, 0.2) is 71.8 Å². The fraction of sp³-hybridized carbons (Fsp3) is 0.130. The van der Waals surface area contributed by atoms with Crippen molar-refractivity contribution in [1.29, 1.82) is 0 Å². The topological polar surface area (TPSA) is 89.4 Å². The molecule has 3 aromatic carbocycles. The van der Waals surface area contributed by atoms with Crippen molar-refractivity contribution in [3.8, 4) is 17.2 Å². The number of nitrogens with zero attached hydrogens (tertiary/aromatic N) is 1. The van der Waals surface area contributed by atoms with Crippen LogP contribution in [0.1, 0.15) is 21.5 Å². The van der Waals surface area contributed by atoms with Gasteiger partial charge in [0, 0.05) is 0 Å². The van der Waals surface area contributed by atoms with Gasteiger partial charge in [0.25, 0.3) is 0 Å². The molecule has 2 N–H and O–H groups in total. The number of carboxylic acids is 1. The summed E-state index contributed by atoms with van der Waals surface area (Å²) < 4.78 is 16.4. The Balaban J connectivity index is 1.63. The Bertz CT molecular complexity index is 1030. The van der Waals surface area contributed by atoms with Crippen molar-refractivity contribution < 1.29 is 24.1 Å². The summed E-state index contributed by atoms with van der Waals surface area (Å²) in [4.78, 5) is 11.0. The highest BCUT2D eigenvalue weighted by atomic mass is 16.5. The molecule has 0 spiro atoms. The van der Waals surface area contributed by atoms with Crippen molar-refractivity contribution in [2.45, 2.75) is 6.61 Å². The van der Waals surface area contributed by atoms with E-state index in [1.165, 1.54) is 12.1 Å². The Morgan fingerprint density at radius 3 is 2.50 bits per heavy atom. The first-order valence-corrected chi connectivity index (χ1v) is 9.15. The maximum absolute atomic E-state index is 11.0. The molecule has 0 saturated heterocycles. The Hall–Kier alpha value is -4.00. The van der Waals surface area contributed by atoms with Gasteiger partial charge >= 0.3 is 5.97 Å². The Kier molecular flexibility index (Phi) is 6.89. The Morgan fingerprint density at radius 1 is 1.00 bits per heavy atom. The minimum atomic E-state index is -0.988. The van der Waals surface area contributed by atoms with Crippen molar-refractivity contribution in [3.63, 3.8) is 0 Å². The number of nitrogens with one attached hydrogen (secondary N) is 1. The predicted molar refractivity (Wildman–Crippen MR) is 115 cm³/mol. The molecule has 0 fully saturated rings. The molecule has 3 rings (SSSR count). The summed E-state index contributed by atoms with van der Waals surface area (Å²) in [6.45, 7) is 0.398. The summed E-state index contributed by atoms with van der Waals surface area (Å²) in [5.74, 6) is 1.01. The van der Waals surface area contributed by atoms with E-state index in [9.17, 15) is 4.79 Å². The van der Waals surface area contributed by atoms with Crippen LogP contribution in [0.25, 0.3) is 0 Å². The maximum atomic E-state index is 11.0. The molecule has 0 aliphatic carbocycles. The molecule has 0 atom stereocenters. The number of carboxylic acid groups (broad SMARTS) is 1. The molecule has 0 aromatic heterocycles. The molecule has 30 heavy (non-hydrogen) atoms. The smallest absolute Gasteiger partial charge is 0.335 e. The molecule has 0 amide bonds. The summed E-state index contributed by atoms with van der Waals surface area (Å²) >= 11 is 0. The number of methoxy groups -OCH3 is 2. The van der Waals surface area contributed by atoms with Crippen molar-refractivity contribution in [2.75, 3.05) is 19.6 Å². The number of rotatable bonds is 9. The van der Waals surface area contributed by atoms with Gasteiger partial charge in [0.2, 0.25) is 0 Å². The first-order chi connectivity index (χ1) is 14.6. The van der Waals surface area contributed by atoms with Crippen molar-refractivity contribution in [3.05, 3.63) is 83.4 Å². The number of hydrogen-bond donors (Lipinski definition) is 2. The van der Waals surface area contributed by atoms with E-state index in [0.717, 1.165) is 16.9 Å². The molecule has 7 heteroatoms. The molecular weight excluding hydrogens is 384 g/mol. The lowest BCUT2D eigenvalue weighted by Crippen LogP contribution is -1.99. The predicted octanol–water partition coefficient (Wildman–Crippen LogP) is 4.43. The summed E-state index contributed by atoms with van der Waals surface area (Å²) in [5, 5.41) is 13.2. The second-order valence-electron chi connectivity index (χ2n) is 6.30. The van der Waals surface area contributed by atoms with Gasteiger partial charge in [0.15, 0.2) is 11.5 Å². The van der Waals surface area contributed by atoms with Crippen LogP contribution >= 0.6 is 0 Å². The lowest BCUT2D eigenvalue weighted by Gasteiger charge is -2.11. The molecule has 154 valence electrons. The normalized spacial score (nSPS) is 10.6. The lowest BCUT2D eigenvalue weighted by molar-refractivity contribution is 0.0697. The molecule has 0 bridgehead atoms. The number of anilines is 1. The van der Waals surface area contributed by atoms with Gasteiger partial charge in [-0.2, -0.15) is 5.10 Å². The minimum absolute atomic E-state index is 0.190. The first-order valence-electron chi connectivity index (χ1n) is 9.15. The number of hydrazone groups is 1. The van der Waals surface area contributed by atoms with Crippen LogP contribution in [0.3, 0.4) is 0 Å². The second-order valence-corrected chi connectivity index (χ2v) is 6.30. The number of benzene rings is 3. The minimum Gasteiger partial charge on any atom is -0.497 e. The molecule has 0 radical (unpaired) electrons. The fourth-order valence-electron chi connectivity index (χ4n) is 2.67. The molecule has 0 unspecified atom stereocenters. The third-order valence-electron chi connectivity index (χ3n) is 4.26. The quantitative estimate of drug-likeness (QED) is 0.404. The highest BCUT2D eigenvalue weighted by molar-refractivity contribution is 5.89. The summed E-state index contributed by atoms with van der Waals surface area (Å²) in [6.07, 6.45) is 1.61. The van der Waals surface area contributed by atoms with Gasteiger partial charge in [0.05, 0.1) is 31.7 Å². The van der Waals surface area contributed by atoms with E-state index in [2.05, 4.69) is 10.5 Å². The van der Waals surface area contributed by atoms with Gasteiger partial charge < -0.3 is 19.3 Å². The van der Waals surface area contributed by atoms with Crippen molar-refractivity contribution >= 4 is 17.9 Å². The molecular formula is C23H22N2O5. The van der Waals surface area contributed by atoms with Crippen molar-refractivity contribution in [1.82, 2.24) is 0 Å². The highest BCUT2D eigenvalue weighted by Crippen LogP contribution is 2.28. The fourth-order valence-corrected chi connectivity index (χ4v) is 2.67. The van der Waals surface area contributed by atoms with Crippen LogP contribution in [0, 0.1) is 0 Å². The highest BCUT2D eigenvalue weighted by Gasteiger charge is 2.06. The Labute approximate surface area is 174 Å². The zero-order valence-electron chi connectivity index (χ0n) is 16.7. The van der Waals surface area contributed by atoms with Crippen LogP contribution in [0.4, 0.5) is 5.69 Å². The number of ether oxygens (including phenoxy) is 3. The molecule has 3 aromatic rings. The van der Waals surface area contributed by atoms with Crippen molar-refractivity contribution in [2.24, 2.45) is 5.10 Å². The van der Waals surface area contributed by atoms with E-state index in [1.807, 2.05) is 42.5 Å². The van der Waals surface area contributed by atoms with E-state index in [4.69, 9.17) is 19.3 Å². The van der Waals surface area contributed by atoms with Crippen LogP contribution in [0.2, 0.25) is 0 Å². The van der Waals surface area contributed by atoms with E-state index < -0.39 is 5.97 Å². The zero-order chi connectivity index (χ0) is 21.3. The second kappa shape index (κ2) is 9.97. The van der Waals surface area contributed by atoms with Crippen LogP contribution in [0.5, 0.6) is 17.2 Å². The molecule has 7 nitrogen and oxygen atoms in total. The summed E-state index contributed by atoms with van der Waals surface area (Å²) in [6, 6.07) is 19.5. The van der Waals surface area contributed by atoms with Gasteiger partial charge in [-0.05, 0) is 59.7 Å². The summed E-state index contributed by atoms with van der Waals surface area (Å²) in [7, 11) is 3.20. The van der Waals surface area contributed by atoms with Crippen LogP contribution in [-0.4, -0.2) is 31.5 Å². The average molecular weight is 406 g/mol. The summed E-state index contributed by atoms with van der Waals surface area (Å²) in [5.41, 5.74) is 5.40. The monoisotopic (exact) mass is 406 g/mol. The van der Waals surface area contributed by atoms with E-state index >= 15 is 0 Å². The average Bonchev–Trinajstić information content (AvgIpc) is 2.78. The van der Waals surface area contributed by atoms with E-state index in [0.29, 0.717) is 23.8 Å². The maximum Gasteiger partial charge on any atom is 0.335 e. The van der Waals surface area contributed by atoms with Crippen LogP contribution in [-0.2, 0) is 6.61 Å². The third-order valence-corrected chi connectivity index (χ3v) is 4.26. The standard InChI is InChI=1S/C23H22N2O5/c1-28-20-9-6-16(7-10-20)15-30-21-11-8-17(12-22(21)29-2)14-24-25-19-5-3-4-18(13-19)23(26)27/h3-14,25H,15H2,1-2H3,(H,26,27). The van der Waals surface area contributed by atoms with Gasteiger partial charge in [-0.25, -0.2) is 4.79 Å². The van der Waals surface area contributed by atoms with Crippen LogP contribution < -0.4 is 19.6 Å². The van der Waals surface area contributed by atoms with Gasteiger partial charge in [-0.3, -0.25) is 5.43 Å². The molecule has 0 aliphatic rings. The van der Waals surface area contributed by atoms with Gasteiger partial charge in [0.1, 0.15) is 12.4 Å². The SMILES string of the molecule is COc1ccc(COc2ccc(C=NNc3cccc(C(=O)O)c3)cc2OC)cc1. The molecule has 0 aliphatic heterocycles. The largest absolute Gasteiger partial charge is 0.497 e. The number of hydrogen-bond acceptors (Lipinski definition) is 6. The third kappa shape index (κ3) is 5.51. The van der Waals surface area contributed by atoms with Gasteiger partial charge in [-0.1, -0.05) is 18.2 Å². The molecule has 0 saturated carbocycles. The number of carbonyl (C=O) groups is 1. The van der Waals surface area contributed by atoms with E-state index in [1.54, 1.807) is 32.6 Å². The van der Waals surface area contributed by atoms with Gasteiger partial charge in [-0.15, -0.1) is 0 Å². The lowest BCUT2D eigenvalue weighted by atomic mass is 10.2. The Morgan fingerprint density at radius 2 is 1.80 bits per heavy atom. The van der Waals surface area contributed by atoms with E-state index in [-0.39, 0.29) is 5.56 Å². The molecule has 0 heterocycles.